The molecular formula is C79H72BCl4F5N25NaO12. The van der Waals surface area contributed by atoms with Crippen molar-refractivity contribution in [2.24, 2.45) is 33.9 Å². The van der Waals surface area contributed by atoms with Gasteiger partial charge in [0.25, 0.3) is 0 Å². The summed E-state index contributed by atoms with van der Waals surface area (Å²) in [5.41, 5.74) is 15.4. The summed E-state index contributed by atoms with van der Waals surface area (Å²) in [6.07, 6.45) is 21.1. The Kier molecular flexibility index (Phi) is 43.9. The molecule has 0 atom stereocenters. The van der Waals surface area contributed by atoms with Crippen LogP contribution in [0.3, 0.4) is 0 Å². The summed E-state index contributed by atoms with van der Waals surface area (Å²) >= 11 is 16.4. The SMILES string of the molecule is COC(=O)c1ccc(-c2ccnc(Cl)n2)c(F)c1.COC(=O)c1ccc(-c2ccnc(Nc3cnn(C)c3)n2)c(F)c1.COC(=O)c1ccc(B(O)O)c(F)c1.Cl.Clc1ccnc(Cl)n1.Cn1cc(N)cn1.Cn1cc(Nc2nccc(-c3ccc(C(=O)CCC#N)cc3F)n2)cn1.Cn1cc(Nc2nccc(-c3ccc(C(=O)O)cc3F)n2)cn1.N#CCN.[Na+].[OH-]. The Morgan fingerprint density at radius 1 is 0.465 bits per heavy atom. The van der Waals surface area contributed by atoms with E-state index in [2.05, 4.69) is 106 Å². The Morgan fingerprint density at radius 3 is 1.07 bits per heavy atom. The molecule has 0 saturated carbocycles. The fourth-order valence-corrected chi connectivity index (χ4v) is 10.2. The maximum absolute atomic E-state index is 14.5. The van der Waals surface area contributed by atoms with E-state index >= 15 is 0 Å². The number of carboxylic acid groups (broad SMARTS) is 1. The number of nitriles is 2. The number of ether oxygens (including phenoxy) is 3. The number of ketones is 1. The van der Waals surface area contributed by atoms with Crippen LogP contribution in [0.25, 0.3) is 45.0 Å². The molecule has 0 amide bonds. The van der Waals surface area contributed by atoms with Crippen LogP contribution in [0.1, 0.15) is 64.6 Å². The quantitative estimate of drug-likeness (QED) is 0.00581. The molecule has 0 radical (unpaired) electrons. The molecule has 127 heavy (non-hydrogen) atoms. The average molecular weight is 1830 g/mol. The number of nitrogens with two attached hydrogens (primary N) is 2. The Bertz CT molecular complexity index is 6080. The summed E-state index contributed by atoms with van der Waals surface area (Å²) in [4.78, 5) is 96.3. The third kappa shape index (κ3) is 33.8. The minimum atomic E-state index is -1.89. The van der Waals surface area contributed by atoms with Crippen molar-refractivity contribution in [3.05, 3.63) is 275 Å². The number of hydrogen-bond acceptors (Lipinski definition) is 32. The Balaban J connectivity index is 0.000000317. The molecule has 48 heteroatoms. The number of aryl methyl sites for hydroxylation is 4. The van der Waals surface area contributed by atoms with Crippen molar-refractivity contribution in [1.82, 2.24) is 89.0 Å². The van der Waals surface area contributed by atoms with E-state index in [9.17, 15) is 45.9 Å². The maximum atomic E-state index is 14.5. The van der Waals surface area contributed by atoms with Gasteiger partial charge in [-0.15, -0.1) is 12.4 Å². The number of benzene rings is 5. The molecule has 0 aliphatic carbocycles. The van der Waals surface area contributed by atoms with Crippen LogP contribution in [-0.2, 0) is 42.4 Å². The van der Waals surface area contributed by atoms with Gasteiger partial charge in [-0.05, 0) is 132 Å². The first kappa shape index (κ1) is 105. The zero-order valence-corrected chi connectivity index (χ0v) is 72.9. The van der Waals surface area contributed by atoms with Gasteiger partial charge < -0.3 is 62.3 Å². The molecule has 37 nitrogen and oxygen atoms in total. The van der Waals surface area contributed by atoms with E-state index < -0.39 is 60.1 Å². The molecule has 9 heterocycles. The number of methoxy groups -OCH3 is 3. The molecule has 9 aromatic heterocycles. The molecule has 14 rings (SSSR count). The van der Waals surface area contributed by atoms with Crippen LogP contribution in [0.2, 0.25) is 15.7 Å². The molecule has 0 bridgehead atoms. The predicted octanol–water partition coefficient (Wildman–Crippen LogP) is 8.77. The number of rotatable bonds is 18. The molecule has 0 saturated heterocycles. The van der Waals surface area contributed by atoms with E-state index in [4.69, 9.17) is 66.2 Å². The second kappa shape index (κ2) is 53.1. The number of nitrogen functional groups attached to an aromatic ring is 1. The van der Waals surface area contributed by atoms with Crippen molar-refractivity contribution in [2.75, 3.05) is 49.6 Å². The molecule has 11 N–H and O–H groups in total. The monoisotopic (exact) mass is 1830 g/mol. The van der Waals surface area contributed by atoms with Crippen LogP contribution in [0.5, 0.6) is 0 Å². The third-order valence-corrected chi connectivity index (χ3v) is 16.0. The average Bonchev–Trinajstić information content (AvgIpc) is 1.45. The molecule has 652 valence electrons. The minimum Gasteiger partial charge on any atom is -0.870 e. The number of halogens is 9. The van der Waals surface area contributed by atoms with Gasteiger partial charge in [0.15, 0.2) is 5.78 Å². The van der Waals surface area contributed by atoms with Gasteiger partial charge in [-0.1, -0.05) is 23.7 Å². The smallest absolute Gasteiger partial charge is 0.870 e. The molecule has 0 aliphatic heterocycles. The molecule has 0 unspecified atom stereocenters. The first-order valence-electron chi connectivity index (χ1n) is 35.3. The van der Waals surface area contributed by atoms with E-state index in [1.807, 2.05) is 13.1 Å². The molecule has 14 aromatic rings. The van der Waals surface area contributed by atoms with Crippen molar-refractivity contribution >= 4 is 130 Å². The number of anilines is 7. The Labute approximate surface area is 762 Å². The van der Waals surface area contributed by atoms with Gasteiger partial charge in [-0.2, -0.15) is 30.9 Å². The fraction of sp³-hybridized carbons (Fsp3) is 0.127. The van der Waals surface area contributed by atoms with Crippen molar-refractivity contribution in [2.45, 2.75) is 12.8 Å². The van der Waals surface area contributed by atoms with Crippen molar-refractivity contribution in [1.29, 1.82) is 10.5 Å². The summed E-state index contributed by atoms with van der Waals surface area (Å²) in [5, 5.41) is 67.7. The number of nitrogens with one attached hydrogen (secondary N) is 3. The number of nitrogens with zero attached hydrogens (tertiary/aromatic N) is 20. The van der Waals surface area contributed by atoms with Crippen molar-refractivity contribution in [3.63, 3.8) is 0 Å². The summed E-state index contributed by atoms with van der Waals surface area (Å²) in [7, 11) is 8.96. The zero-order chi connectivity index (χ0) is 90.5. The number of carbonyl (C=O) groups excluding carboxylic acids is 4. The predicted molar refractivity (Wildman–Crippen MR) is 454 cm³/mol. The number of esters is 3. The van der Waals surface area contributed by atoms with Crippen molar-refractivity contribution in [3.8, 4) is 57.2 Å². The van der Waals surface area contributed by atoms with Crippen LogP contribution >= 0.6 is 47.2 Å². The third-order valence-electron chi connectivity index (χ3n) is 15.4. The van der Waals surface area contributed by atoms with Gasteiger partial charge in [0.05, 0.1) is 133 Å². The number of aromatic nitrogens is 18. The molecule has 0 fully saturated rings. The van der Waals surface area contributed by atoms with E-state index in [0.29, 0.717) is 56.9 Å². The second-order valence-corrected chi connectivity index (χ2v) is 25.4. The van der Waals surface area contributed by atoms with Gasteiger partial charge in [0.2, 0.25) is 28.4 Å². The van der Waals surface area contributed by atoms with Gasteiger partial charge in [-0.3, -0.25) is 23.5 Å². The van der Waals surface area contributed by atoms with Gasteiger partial charge in [0.1, 0.15) is 34.2 Å². The summed E-state index contributed by atoms with van der Waals surface area (Å²) in [6.45, 7) is 0.125. The van der Waals surface area contributed by atoms with Gasteiger partial charge >= 0.3 is 60.6 Å². The number of carboxylic acids is 1. The summed E-state index contributed by atoms with van der Waals surface area (Å²) < 4.78 is 89.8. The maximum Gasteiger partial charge on any atom is 1.00 e. The van der Waals surface area contributed by atoms with Crippen LogP contribution in [0.15, 0.2) is 202 Å². The molecule has 0 spiro atoms. The van der Waals surface area contributed by atoms with Crippen LogP contribution in [0.4, 0.5) is 62.5 Å². The fourth-order valence-electron chi connectivity index (χ4n) is 9.77. The van der Waals surface area contributed by atoms with Crippen LogP contribution < -0.4 is 62.4 Å². The van der Waals surface area contributed by atoms with E-state index in [1.54, 1.807) is 120 Å². The summed E-state index contributed by atoms with van der Waals surface area (Å²) in [5.74, 6) is -5.62. The van der Waals surface area contributed by atoms with E-state index in [1.165, 1.54) is 119 Å². The molecular weight excluding hydrogens is 1760 g/mol. The van der Waals surface area contributed by atoms with Crippen LogP contribution in [-0.4, -0.2) is 174 Å². The zero-order valence-electron chi connectivity index (χ0n) is 67.8. The van der Waals surface area contributed by atoms with Crippen LogP contribution in [0, 0.1) is 51.7 Å². The van der Waals surface area contributed by atoms with E-state index in [-0.39, 0.29) is 145 Å². The second-order valence-electron chi connectivity index (χ2n) is 24.3. The standard InChI is InChI=1S/C18H15FN6O.C16H14FN5O2.C15H12FN5O2.C12H8ClFN2O2.C8H8BFO4.C4H2Cl2N2.C4H7N3.C2H4N2.ClH.Na.H2O/c1-25-11-13(10-22-25)23-18-21-8-6-16(24-18)14-5-4-12(9-15(14)19)17(26)3-2-7-20;1-22-9-11(8-19-22)20-16-18-6-5-14(21-16)12-4-3-10(7-13(12)17)15(23)24-2;1-21-8-10(7-18-21)19-15-17-5-4-13(20-15)11-3-2-9(14(22)23)6-12(11)16;1-18-11(17)7-2-3-8(9(14)6-7)10-4-5-15-12(13)16-10;1-14-8(11)5-2-3-6(9(12)13)7(10)4-5;5-3-1-2-7-4(6)8-3;1-7-3-4(5)2-6-7;3-1-2-4;;;/h4-6,8-11H,2-3H2,1H3,(H,21,23,24);3-9H,1-2H3,(H,18,20,21);2-8H,1H3,(H,22,23)(H,17,19,20);2-6H,1H3;2-4,12-13H,1H3;1-2H;2-3H,5H2,1H3;1,3H2;1H;;1H2/q;;;;;;;;;+1;/p-1. The molecule has 0 aliphatic rings. The normalized spacial score (nSPS) is 9.76. The Hall–Kier alpha value is -14.2. The van der Waals surface area contributed by atoms with E-state index in [0.717, 1.165) is 36.0 Å². The van der Waals surface area contributed by atoms with Gasteiger partial charge in [-0.25, -0.2) is 91.0 Å². The van der Waals surface area contributed by atoms with Gasteiger partial charge in [0, 0.05) is 130 Å². The number of carbonyl (C=O) groups is 5. The first-order valence-corrected chi connectivity index (χ1v) is 36.4. The molecule has 5 aromatic carbocycles. The Morgan fingerprint density at radius 2 is 0.787 bits per heavy atom. The number of Topliss-reactive ketones (excluding diaryl/α,β-unsaturated/α-hetero) is 1. The van der Waals surface area contributed by atoms with Crippen molar-refractivity contribution < 1.29 is 110 Å². The number of hydrogen-bond donors (Lipinski definition) is 8. The topological polar surface area (TPSA) is 540 Å². The number of aromatic carboxylic acids is 1. The summed E-state index contributed by atoms with van der Waals surface area (Å²) in [6, 6.07) is 30.7. The largest absolute Gasteiger partial charge is 1.00 e. The minimum absolute atomic E-state index is 0. The first-order chi connectivity index (χ1) is 59.3.